The van der Waals surface area contributed by atoms with E-state index < -0.39 is 0 Å². The van der Waals surface area contributed by atoms with Gasteiger partial charge in [-0.25, -0.2) is 9.97 Å². The molecule has 0 aliphatic rings. The molecular formula is C8H11BrClN3. The van der Waals surface area contributed by atoms with Gasteiger partial charge in [-0.2, -0.15) is 0 Å². The Kier molecular flexibility index (Phi) is 4.45. The lowest BCUT2D eigenvalue weighted by Crippen LogP contribution is -2.26. The van der Waals surface area contributed by atoms with E-state index in [0.29, 0.717) is 5.88 Å². The van der Waals surface area contributed by atoms with Gasteiger partial charge < -0.3 is 4.90 Å². The van der Waals surface area contributed by atoms with Crippen molar-refractivity contribution in [2.45, 2.75) is 6.92 Å². The zero-order chi connectivity index (χ0) is 9.68. The maximum absolute atomic E-state index is 5.68. The third-order valence-electron chi connectivity index (χ3n) is 1.68. The van der Waals surface area contributed by atoms with E-state index in [0.717, 1.165) is 23.4 Å². The van der Waals surface area contributed by atoms with Gasteiger partial charge in [-0.05, 0) is 22.9 Å². The van der Waals surface area contributed by atoms with Crippen LogP contribution in [0.25, 0.3) is 0 Å². The number of alkyl halides is 1. The van der Waals surface area contributed by atoms with Gasteiger partial charge in [0.25, 0.3) is 0 Å². The quantitative estimate of drug-likeness (QED) is 0.782. The van der Waals surface area contributed by atoms with E-state index in [9.17, 15) is 0 Å². The van der Waals surface area contributed by atoms with Crippen LogP contribution in [0, 0.1) is 0 Å². The highest BCUT2D eigenvalue weighted by molar-refractivity contribution is 9.10. The second kappa shape index (κ2) is 5.40. The van der Waals surface area contributed by atoms with Crippen LogP contribution in [0.1, 0.15) is 6.92 Å². The van der Waals surface area contributed by atoms with E-state index in [1.807, 2.05) is 0 Å². The summed E-state index contributed by atoms with van der Waals surface area (Å²) in [5.41, 5.74) is 0. The van der Waals surface area contributed by atoms with Crippen molar-refractivity contribution in [1.82, 2.24) is 9.97 Å². The summed E-state index contributed by atoms with van der Waals surface area (Å²) in [7, 11) is 0. The molecule has 13 heavy (non-hydrogen) atoms. The van der Waals surface area contributed by atoms with Gasteiger partial charge in [-0.15, -0.1) is 11.6 Å². The van der Waals surface area contributed by atoms with E-state index in [2.05, 4.69) is 37.7 Å². The topological polar surface area (TPSA) is 29.0 Å². The summed E-state index contributed by atoms with van der Waals surface area (Å²) in [6.07, 6.45) is 3.27. The van der Waals surface area contributed by atoms with E-state index in [1.54, 1.807) is 6.20 Å². The molecular weight excluding hydrogens is 253 g/mol. The third kappa shape index (κ3) is 2.81. The number of hydrogen-bond donors (Lipinski definition) is 0. The highest BCUT2D eigenvalue weighted by Gasteiger charge is 2.08. The summed E-state index contributed by atoms with van der Waals surface area (Å²) >= 11 is 9.07. The van der Waals surface area contributed by atoms with E-state index in [1.165, 1.54) is 6.33 Å². The van der Waals surface area contributed by atoms with Crippen LogP contribution in [0.2, 0.25) is 0 Å². The Morgan fingerprint density at radius 1 is 1.62 bits per heavy atom. The summed E-state index contributed by atoms with van der Waals surface area (Å²) in [5, 5.41) is 0. The van der Waals surface area contributed by atoms with Gasteiger partial charge in [-0.3, -0.25) is 0 Å². The second-order valence-corrected chi connectivity index (χ2v) is 3.70. The Morgan fingerprint density at radius 2 is 2.38 bits per heavy atom. The standard InChI is InChI=1S/C8H11BrClN3/c1-2-13(4-3-10)8-7(9)5-11-6-12-8/h5-6H,2-4H2,1H3. The van der Waals surface area contributed by atoms with Crippen molar-refractivity contribution < 1.29 is 0 Å². The highest BCUT2D eigenvalue weighted by Crippen LogP contribution is 2.21. The van der Waals surface area contributed by atoms with Crippen LogP contribution in [0.15, 0.2) is 17.0 Å². The molecule has 0 saturated heterocycles. The minimum absolute atomic E-state index is 0.601. The smallest absolute Gasteiger partial charge is 0.146 e. The van der Waals surface area contributed by atoms with Crippen LogP contribution in [0.4, 0.5) is 5.82 Å². The van der Waals surface area contributed by atoms with E-state index in [-0.39, 0.29) is 0 Å². The molecule has 0 saturated carbocycles. The van der Waals surface area contributed by atoms with Crippen LogP contribution in [-0.2, 0) is 0 Å². The molecule has 1 heterocycles. The number of anilines is 1. The molecule has 0 amide bonds. The maximum atomic E-state index is 5.68. The lowest BCUT2D eigenvalue weighted by molar-refractivity contribution is 0.841. The first-order chi connectivity index (χ1) is 6.29. The average molecular weight is 265 g/mol. The predicted octanol–water partition coefficient (Wildman–Crippen LogP) is 2.30. The molecule has 0 bridgehead atoms. The molecule has 5 heteroatoms. The molecule has 0 aromatic carbocycles. The minimum atomic E-state index is 0.601. The van der Waals surface area contributed by atoms with Crippen molar-refractivity contribution in [2.75, 3.05) is 23.9 Å². The van der Waals surface area contributed by atoms with Crippen molar-refractivity contribution in [3.63, 3.8) is 0 Å². The van der Waals surface area contributed by atoms with Crippen molar-refractivity contribution >= 4 is 33.3 Å². The Hall–Kier alpha value is -0.350. The molecule has 3 nitrogen and oxygen atoms in total. The highest BCUT2D eigenvalue weighted by atomic mass is 79.9. The average Bonchev–Trinajstić information content (AvgIpc) is 2.16. The summed E-state index contributed by atoms with van der Waals surface area (Å²) < 4.78 is 0.905. The van der Waals surface area contributed by atoms with Gasteiger partial charge in [0.1, 0.15) is 12.1 Å². The predicted molar refractivity (Wildman–Crippen MR) is 58.3 cm³/mol. The van der Waals surface area contributed by atoms with Crippen LogP contribution >= 0.6 is 27.5 Å². The van der Waals surface area contributed by atoms with Gasteiger partial charge in [0.15, 0.2) is 0 Å². The molecule has 0 N–H and O–H groups in total. The summed E-state index contributed by atoms with van der Waals surface area (Å²) in [4.78, 5) is 10.2. The summed E-state index contributed by atoms with van der Waals surface area (Å²) in [6.45, 7) is 3.76. The minimum Gasteiger partial charge on any atom is -0.355 e. The number of nitrogens with zero attached hydrogens (tertiary/aromatic N) is 3. The fraction of sp³-hybridized carbons (Fsp3) is 0.500. The fourth-order valence-corrected chi connectivity index (χ4v) is 1.73. The molecule has 1 aromatic rings. The molecule has 0 radical (unpaired) electrons. The Morgan fingerprint density at radius 3 is 2.92 bits per heavy atom. The van der Waals surface area contributed by atoms with Gasteiger partial charge in [0.05, 0.1) is 4.47 Å². The normalized spacial score (nSPS) is 10.1. The van der Waals surface area contributed by atoms with E-state index >= 15 is 0 Å². The van der Waals surface area contributed by atoms with Crippen LogP contribution < -0.4 is 4.90 Å². The zero-order valence-electron chi connectivity index (χ0n) is 7.37. The lowest BCUT2D eigenvalue weighted by atomic mass is 10.4. The largest absolute Gasteiger partial charge is 0.355 e. The lowest BCUT2D eigenvalue weighted by Gasteiger charge is -2.21. The van der Waals surface area contributed by atoms with Gasteiger partial charge in [0, 0.05) is 25.2 Å². The molecule has 0 fully saturated rings. The Labute approximate surface area is 91.3 Å². The van der Waals surface area contributed by atoms with Crippen molar-refractivity contribution in [3.05, 3.63) is 17.0 Å². The first-order valence-corrected chi connectivity index (χ1v) is 5.38. The van der Waals surface area contributed by atoms with Crippen molar-refractivity contribution in [1.29, 1.82) is 0 Å². The molecule has 0 aliphatic carbocycles. The molecule has 0 spiro atoms. The van der Waals surface area contributed by atoms with Gasteiger partial charge in [0.2, 0.25) is 0 Å². The number of aromatic nitrogens is 2. The molecule has 1 aromatic heterocycles. The molecule has 0 unspecified atom stereocenters. The number of rotatable bonds is 4. The van der Waals surface area contributed by atoms with Gasteiger partial charge >= 0.3 is 0 Å². The Bertz CT molecular complexity index is 269. The SMILES string of the molecule is CCN(CCCl)c1ncncc1Br. The molecule has 0 aliphatic heterocycles. The molecule has 0 atom stereocenters. The van der Waals surface area contributed by atoms with E-state index in [4.69, 9.17) is 11.6 Å². The fourth-order valence-electron chi connectivity index (χ4n) is 1.05. The van der Waals surface area contributed by atoms with Crippen LogP contribution in [-0.4, -0.2) is 28.9 Å². The van der Waals surface area contributed by atoms with Gasteiger partial charge in [-0.1, -0.05) is 0 Å². The van der Waals surface area contributed by atoms with Crippen molar-refractivity contribution in [3.8, 4) is 0 Å². The summed E-state index contributed by atoms with van der Waals surface area (Å²) in [5.74, 6) is 1.50. The first-order valence-electron chi connectivity index (χ1n) is 4.06. The number of hydrogen-bond acceptors (Lipinski definition) is 3. The summed E-state index contributed by atoms with van der Waals surface area (Å²) in [6, 6.07) is 0. The maximum Gasteiger partial charge on any atom is 0.146 e. The number of halogens is 2. The monoisotopic (exact) mass is 263 g/mol. The molecule has 72 valence electrons. The zero-order valence-corrected chi connectivity index (χ0v) is 9.72. The van der Waals surface area contributed by atoms with Crippen LogP contribution in [0.3, 0.4) is 0 Å². The second-order valence-electron chi connectivity index (χ2n) is 2.46. The van der Waals surface area contributed by atoms with Crippen LogP contribution in [0.5, 0.6) is 0 Å². The Balaban J connectivity index is 2.84. The van der Waals surface area contributed by atoms with Crippen molar-refractivity contribution in [2.24, 2.45) is 0 Å². The third-order valence-corrected chi connectivity index (χ3v) is 2.41. The first kappa shape index (κ1) is 10.7. The molecule has 1 rings (SSSR count).